The van der Waals surface area contributed by atoms with E-state index in [9.17, 15) is 0 Å². The summed E-state index contributed by atoms with van der Waals surface area (Å²) in [6, 6.07) is 0.794. The summed E-state index contributed by atoms with van der Waals surface area (Å²) in [5.41, 5.74) is 0.320. The molecule has 0 amide bonds. The highest BCUT2D eigenvalue weighted by Crippen LogP contribution is 2.46. The molecule has 1 saturated heterocycles. The Morgan fingerprint density at radius 2 is 1.88 bits per heavy atom. The zero-order chi connectivity index (χ0) is 11.7. The zero-order valence-corrected chi connectivity index (χ0v) is 11.2. The largest absolute Gasteiger partial charge is 0.375 e. The minimum atomic E-state index is 0.320. The molecule has 3 atom stereocenters. The van der Waals surface area contributed by atoms with Crippen molar-refractivity contribution in [3.63, 3.8) is 0 Å². The van der Waals surface area contributed by atoms with Crippen LogP contribution in [0, 0.1) is 11.8 Å². The summed E-state index contributed by atoms with van der Waals surface area (Å²) in [6.07, 6.45) is 12.4. The van der Waals surface area contributed by atoms with Gasteiger partial charge in [0.05, 0.1) is 5.60 Å². The van der Waals surface area contributed by atoms with Crippen LogP contribution >= 0.6 is 0 Å². The van der Waals surface area contributed by atoms with Gasteiger partial charge in [-0.15, -0.1) is 0 Å². The van der Waals surface area contributed by atoms with Crippen LogP contribution in [0.3, 0.4) is 0 Å². The van der Waals surface area contributed by atoms with Crippen LogP contribution in [-0.2, 0) is 4.74 Å². The molecular weight excluding hydrogens is 210 g/mol. The molecule has 2 nitrogen and oxygen atoms in total. The van der Waals surface area contributed by atoms with Crippen molar-refractivity contribution in [3.8, 4) is 0 Å². The summed E-state index contributed by atoms with van der Waals surface area (Å²) in [5, 5.41) is 3.46. The number of ether oxygens (including phenoxy) is 1. The molecule has 0 aromatic rings. The molecule has 0 radical (unpaired) electrons. The smallest absolute Gasteiger partial charge is 0.0685 e. The van der Waals surface area contributed by atoms with E-state index in [0.29, 0.717) is 5.60 Å². The second-order valence-electron chi connectivity index (χ2n) is 6.55. The standard InChI is InChI=1S/C15H27NO/c1-16-14-5-4-12(10-14)13-6-9-17-15(11-13)7-2-3-8-15/h12-14,16H,2-11H2,1H3. The highest BCUT2D eigenvalue weighted by Gasteiger charge is 2.43. The number of rotatable bonds is 2. The van der Waals surface area contributed by atoms with Crippen LogP contribution in [-0.4, -0.2) is 25.3 Å². The fourth-order valence-electron chi connectivity index (χ4n) is 4.54. The van der Waals surface area contributed by atoms with Crippen molar-refractivity contribution >= 4 is 0 Å². The van der Waals surface area contributed by atoms with Gasteiger partial charge in [-0.05, 0) is 63.8 Å². The molecule has 1 heterocycles. The van der Waals surface area contributed by atoms with Gasteiger partial charge in [-0.3, -0.25) is 0 Å². The van der Waals surface area contributed by atoms with Crippen LogP contribution < -0.4 is 5.32 Å². The normalized spacial score (nSPS) is 41.1. The maximum absolute atomic E-state index is 6.15. The molecule has 0 bridgehead atoms. The second-order valence-corrected chi connectivity index (χ2v) is 6.55. The van der Waals surface area contributed by atoms with Crippen molar-refractivity contribution in [2.24, 2.45) is 11.8 Å². The van der Waals surface area contributed by atoms with Crippen molar-refractivity contribution in [2.45, 2.75) is 69.4 Å². The Labute approximate surface area is 105 Å². The summed E-state index contributed by atoms with van der Waals surface area (Å²) in [5.74, 6) is 1.94. The van der Waals surface area contributed by atoms with E-state index < -0.39 is 0 Å². The SMILES string of the molecule is CNC1CCC(C2CCOC3(CCCC3)C2)C1. The molecule has 3 aliphatic rings. The number of nitrogens with one attached hydrogen (secondary N) is 1. The summed E-state index contributed by atoms with van der Waals surface area (Å²) in [6.45, 7) is 1.03. The molecule has 3 unspecified atom stereocenters. The Bertz CT molecular complexity index is 260. The average Bonchev–Trinajstić information content (AvgIpc) is 2.99. The molecule has 3 rings (SSSR count). The Morgan fingerprint density at radius 1 is 1.06 bits per heavy atom. The van der Waals surface area contributed by atoms with Crippen LogP contribution in [0.25, 0.3) is 0 Å². The molecule has 3 fully saturated rings. The molecular formula is C15H27NO. The van der Waals surface area contributed by atoms with Crippen LogP contribution in [0.4, 0.5) is 0 Å². The topological polar surface area (TPSA) is 21.3 Å². The van der Waals surface area contributed by atoms with Gasteiger partial charge >= 0.3 is 0 Å². The molecule has 17 heavy (non-hydrogen) atoms. The first kappa shape index (κ1) is 12.0. The summed E-state index contributed by atoms with van der Waals surface area (Å²) in [7, 11) is 2.12. The van der Waals surface area contributed by atoms with Gasteiger partial charge < -0.3 is 10.1 Å². The predicted molar refractivity (Wildman–Crippen MR) is 70.1 cm³/mol. The van der Waals surface area contributed by atoms with E-state index in [1.165, 1.54) is 57.8 Å². The van der Waals surface area contributed by atoms with Crippen LogP contribution in [0.1, 0.15) is 57.8 Å². The van der Waals surface area contributed by atoms with E-state index in [4.69, 9.17) is 4.74 Å². The molecule has 1 N–H and O–H groups in total. The molecule has 98 valence electrons. The molecule has 2 aliphatic carbocycles. The first-order chi connectivity index (χ1) is 8.31. The van der Waals surface area contributed by atoms with E-state index in [2.05, 4.69) is 12.4 Å². The predicted octanol–water partition coefficient (Wildman–Crippen LogP) is 3.11. The van der Waals surface area contributed by atoms with Gasteiger partial charge in [0.1, 0.15) is 0 Å². The van der Waals surface area contributed by atoms with Gasteiger partial charge in [-0.2, -0.15) is 0 Å². The summed E-state index contributed by atoms with van der Waals surface area (Å²) in [4.78, 5) is 0. The zero-order valence-electron chi connectivity index (χ0n) is 11.2. The Morgan fingerprint density at radius 3 is 2.59 bits per heavy atom. The van der Waals surface area contributed by atoms with Crippen molar-refractivity contribution in [1.82, 2.24) is 5.32 Å². The third-order valence-electron chi connectivity index (χ3n) is 5.59. The van der Waals surface area contributed by atoms with Gasteiger partial charge in [0.25, 0.3) is 0 Å². The monoisotopic (exact) mass is 237 g/mol. The second kappa shape index (κ2) is 4.89. The Kier molecular flexibility index (Phi) is 3.45. The molecule has 1 aliphatic heterocycles. The molecule has 0 aromatic carbocycles. The first-order valence-corrected chi connectivity index (χ1v) is 7.62. The molecule has 2 saturated carbocycles. The fourth-order valence-corrected chi connectivity index (χ4v) is 4.54. The molecule has 2 heteroatoms. The first-order valence-electron chi connectivity index (χ1n) is 7.62. The lowest BCUT2D eigenvalue weighted by Gasteiger charge is -2.40. The average molecular weight is 237 g/mol. The Hall–Kier alpha value is -0.0800. The van der Waals surface area contributed by atoms with Crippen molar-refractivity contribution in [3.05, 3.63) is 0 Å². The van der Waals surface area contributed by atoms with E-state index in [0.717, 1.165) is 24.5 Å². The molecule has 1 spiro atoms. The van der Waals surface area contributed by atoms with Crippen LogP contribution in [0.15, 0.2) is 0 Å². The lowest BCUT2D eigenvalue weighted by molar-refractivity contribution is -0.101. The van der Waals surface area contributed by atoms with E-state index in [-0.39, 0.29) is 0 Å². The van der Waals surface area contributed by atoms with Gasteiger partial charge in [0, 0.05) is 12.6 Å². The highest BCUT2D eigenvalue weighted by molar-refractivity contribution is 4.94. The van der Waals surface area contributed by atoms with Gasteiger partial charge in [0.15, 0.2) is 0 Å². The van der Waals surface area contributed by atoms with Crippen molar-refractivity contribution in [2.75, 3.05) is 13.7 Å². The summed E-state index contributed by atoms with van der Waals surface area (Å²) < 4.78 is 6.15. The maximum Gasteiger partial charge on any atom is 0.0685 e. The molecule has 0 aromatic heterocycles. The highest BCUT2D eigenvalue weighted by atomic mass is 16.5. The quantitative estimate of drug-likeness (QED) is 0.797. The minimum Gasteiger partial charge on any atom is -0.375 e. The number of hydrogen-bond donors (Lipinski definition) is 1. The van der Waals surface area contributed by atoms with Gasteiger partial charge in [-0.25, -0.2) is 0 Å². The van der Waals surface area contributed by atoms with Gasteiger partial charge in [-0.1, -0.05) is 12.8 Å². The van der Waals surface area contributed by atoms with E-state index in [1.807, 2.05) is 0 Å². The van der Waals surface area contributed by atoms with E-state index in [1.54, 1.807) is 0 Å². The number of hydrogen-bond acceptors (Lipinski definition) is 2. The summed E-state index contributed by atoms with van der Waals surface area (Å²) >= 11 is 0. The van der Waals surface area contributed by atoms with Gasteiger partial charge in [0.2, 0.25) is 0 Å². The van der Waals surface area contributed by atoms with E-state index >= 15 is 0 Å². The Balaban J connectivity index is 1.60. The van der Waals surface area contributed by atoms with Crippen molar-refractivity contribution in [1.29, 1.82) is 0 Å². The maximum atomic E-state index is 6.15. The third-order valence-corrected chi connectivity index (χ3v) is 5.59. The fraction of sp³-hybridized carbons (Fsp3) is 1.00. The minimum absolute atomic E-state index is 0.320. The lowest BCUT2D eigenvalue weighted by atomic mass is 9.77. The third kappa shape index (κ3) is 2.39. The van der Waals surface area contributed by atoms with Crippen LogP contribution in [0.2, 0.25) is 0 Å². The van der Waals surface area contributed by atoms with Crippen LogP contribution in [0.5, 0.6) is 0 Å². The lowest BCUT2D eigenvalue weighted by Crippen LogP contribution is -2.39. The van der Waals surface area contributed by atoms with Crippen molar-refractivity contribution < 1.29 is 4.74 Å².